The molecule has 3 heterocycles. The molecule has 29 heavy (non-hydrogen) atoms. The molecule has 2 aromatic heterocycles. The first kappa shape index (κ1) is 19.1. The second-order valence-electron chi connectivity index (χ2n) is 6.93. The molecule has 1 aliphatic heterocycles. The standard InChI is InChI=1S/C19H21FN6O3/c1-12-9-16-24-25(11-17(27)21-10-15-3-2-8-29-15)19(28)26(16)18(22-12)23-14-6-4-13(20)5-7-14/h4-7,9,15H,2-3,8,10-11H2,1H3,(H,21,27)(H,22,23)/t15-/m0/s1. The summed E-state index contributed by atoms with van der Waals surface area (Å²) in [7, 11) is 0. The number of hydrogen-bond donors (Lipinski definition) is 2. The monoisotopic (exact) mass is 400 g/mol. The fourth-order valence-corrected chi connectivity index (χ4v) is 3.23. The van der Waals surface area contributed by atoms with E-state index in [9.17, 15) is 14.0 Å². The number of benzene rings is 1. The van der Waals surface area contributed by atoms with Crippen LogP contribution in [-0.4, -0.2) is 44.3 Å². The number of carbonyl (C=O) groups excluding carboxylic acids is 1. The third-order valence-corrected chi connectivity index (χ3v) is 4.64. The quantitative estimate of drug-likeness (QED) is 0.648. The van der Waals surface area contributed by atoms with Crippen LogP contribution in [-0.2, 0) is 16.1 Å². The summed E-state index contributed by atoms with van der Waals surface area (Å²) in [5.41, 5.74) is 1.07. The van der Waals surface area contributed by atoms with Gasteiger partial charge in [0.05, 0.1) is 6.10 Å². The van der Waals surface area contributed by atoms with E-state index in [0.29, 0.717) is 30.2 Å². The van der Waals surface area contributed by atoms with Crippen LogP contribution in [0.3, 0.4) is 0 Å². The van der Waals surface area contributed by atoms with Crippen LogP contribution in [0.4, 0.5) is 16.0 Å². The Bertz CT molecular complexity index is 1090. The Morgan fingerprint density at radius 2 is 2.14 bits per heavy atom. The third kappa shape index (κ3) is 4.27. The van der Waals surface area contributed by atoms with Crippen molar-refractivity contribution in [3.05, 3.63) is 52.3 Å². The van der Waals surface area contributed by atoms with Gasteiger partial charge in [0, 0.05) is 30.6 Å². The highest BCUT2D eigenvalue weighted by Gasteiger charge is 2.18. The largest absolute Gasteiger partial charge is 0.376 e. The minimum Gasteiger partial charge on any atom is -0.376 e. The lowest BCUT2D eigenvalue weighted by Crippen LogP contribution is -2.36. The molecule has 0 saturated carbocycles. The molecule has 2 N–H and O–H groups in total. The first-order valence-electron chi connectivity index (χ1n) is 9.38. The molecule has 10 heteroatoms. The van der Waals surface area contributed by atoms with Crippen molar-refractivity contribution in [2.24, 2.45) is 0 Å². The Balaban J connectivity index is 1.56. The van der Waals surface area contributed by atoms with Crippen LogP contribution in [0.2, 0.25) is 0 Å². The fourth-order valence-electron chi connectivity index (χ4n) is 3.23. The van der Waals surface area contributed by atoms with Gasteiger partial charge in [0.1, 0.15) is 12.4 Å². The number of nitrogens with zero attached hydrogens (tertiary/aromatic N) is 4. The number of hydrogen-bond acceptors (Lipinski definition) is 6. The van der Waals surface area contributed by atoms with Crippen LogP contribution in [0.25, 0.3) is 5.65 Å². The number of fused-ring (bicyclic) bond motifs is 1. The summed E-state index contributed by atoms with van der Waals surface area (Å²) < 4.78 is 21.0. The van der Waals surface area contributed by atoms with Gasteiger partial charge >= 0.3 is 5.69 Å². The van der Waals surface area contributed by atoms with Gasteiger partial charge in [-0.05, 0) is 44.0 Å². The number of halogens is 1. The average Bonchev–Trinajstić information content (AvgIpc) is 3.30. The van der Waals surface area contributed by atoms with Gasteiger partial charge in [-0.3, -0.25) is 4.79 Å². The van der Waals surface area contributed by atoms with Crippen molar-refractivity contribution in [3.63, 3.8) is 0 Å². The van der Waals surface area contributed by atoms with Gasteiger partial charge in [0.2, 0.25) is 11.9 Å². The van der Waals surface area contributed by atoms with Gasteiger partial charge in [-0.25, -0.2) is 23.3 Å². The molecule has 4 rings (SSSR count). The lowest BCUT2D eigenvalue weighted by atomic mass is 10.2. The van der Waals surface area contributed by atoms with E-state index in [1.807, 2.05) is 0 Å². The first-order chi connectivity index (χ1) is 14.0. The van der Waals surface area contributed by atoms with Crippen molar-refractivity contribution >= 4 is 23.2 Å². The molecule has 0 unspecified atom stereocenters. The van der Waals surface area contributed by atoms with Gasteiger partial charge in [0.25, 0.3) is 0 Å². The molecule has 1 saturated heterocycles. The summed E-state index contributed by atoms with van der Waals surface area (Å²) in [6.45, 7) is 2.69. The van der Waals surface area contributed by atoms with Crippen LogP contribution >= 0.6 is 0 Å². The number of aryl methyl sites for hydroxylation is 1. The van der Waals surface area contributed by atoms with Crippen molar-refractivity contribution in [3.8, 4) is 0 Å². The van der Waals surface area contributed by atoms with Crippen LogP contribution in [0.5, 0.6) is 0 Å². The maximum Gasteiger partial charge on any atom is 0.353 e. The number of aromatic nitrogens is 4. The molecule has 1 aromatic carbocycles. The Kier molecular flexibility index (Phi) is 5.26. The van der Waals surface area contributed by atoms with E-state index in [0.717, 1.165) is 17.5 Å². The highest BCUT2D eigenvalue weighted by molar-refractivity contribution is 5.75. The highest BCUT2D eigenvalue weighted by atomic mass is 19.1. The molecule has 1 amide bonds. The van der Waals surface area contributed by atoms with Crippen molar-refractivity contribution in [2.45, 2.75) is 32.4 Å². The Morgan fingerprint density at radius 1 is 1.34 bits per heavy atom. The van der Waals surface area contributed by atoms with Gasteiger partial charge in [-0.1, -0.05) is 0 Å². The van der Waals surface area contributed by atoms with E-state index >= 15 is 0 Å². The van der Waals surface area contributed by atoms with E-state index in [1.54, 1.807) is 25.1 Å². The van der Waals surface area contributed by atoms with Crippen LogP contribution in [0.15, 0.2) is 35.1 Å². The number of ether oxygens (including phenoxy) is 1. The zero-order valence-electron chi connectivity index (χ0n) is 15.9. The number of amides is 1. The topological polar surface area (TPSA) is 103 Å². The molecule has 152 valence electrons. The predicted molar refractivity (Wildman–Crippen MR) is 104 cm³/mol. The number of nitrogens with one attached hydrogen (secondary N) is 2. The lowest BCUT2D eigenvalue weighted by molar-refractivity contribution is -0.122. The molecule has 1 fully saturated rings. The summed E-state index contributed by atoms with van der Waals surface area (Å²) in [6.07, 6.45) is 1.93. The number of rotatable bonds is 6. The van der Waals surface area contributed by atoms with Crippen molar-refractivity contribution < 1.29 is 13.9 Å². The average molecular weight is 400 g/mol. The summed E-state index contributed by atoms with van der Waals surface area (Å²) in [6, 6.07) is 7.34. The molecule has 0 spiro atoms. The fraction of sp³-hybridized carbons (Fsp3) is 0.368. The Hall–Kier alpha value is -3.27. The normalized spacial score (nSPS) is 16.3. The Morgan fingerprint density at radius 3 is 2.86 bits per heavy atom. The van der Waals surface area contributed by atoms with E-state index in [1.165, 1.54) is 16.5 Å². The molecule has 0 radical (unpaired) electrons. The van der Waals surface area contributed by atoms with Crippen molar-refractivity contribution in [1.29, 1.82) is 0 Å². The molecular weight excluding hydrogens is 379 g/mol. The van der Waals surface area contributed by atoms with Crippen LogP contribution in [0, 0.1) is 12.7 Å². The second-order valence-corrected chi connectivity index (χ2v) is 6.93. The summed E-state index contributed by atoms with van der Waals surface area (Å²) in [5.74, 6) is -0.441. The van der Waals surface area contributed by atoms with E-state index < -0.39 is 5.69 Å². The molecule has 1 atom stereocenters. The van der Waals surface area contributed by atoms with Crippen molar-refractivity contribution in [1.82, 2.24) is 24.5 Å². The minimum atomic E-state index is -0.496. The van der Waals surface area contributed by atoms with Crippen LogP contribution in [0.1, 0.15) is 18.5 Å². The summed E-state index contributed by atoms with van der Waals surface area (Å²) >= 11 is 0. The van der Waals surface area contributed by atoms with Gasteiger partial charge < -0.3 is 15.4 Å². The van der Waals surface area contributed by atoms with E-state index in [-0.39, 0.29) is 30.3 Å². The van der Waals surface area contributed by atoms with Crippen LogP contribution < -0.4 is 16.3 Å². The maximum absolute atomic E-state index is 13.1. The van der Waals surface area contributed by atoms with Crippen molar-refractivity contribution in [2.75, 3.05) is 18.5 Å². The Labute approximate surface area is 165 Å². The summed E-state index contributed by atoms with van der Waals surface area (Å²) in [5, 5.41) is 10.0. The number of anilines is 2. The molecule has 1 aliphatic rings. The van der Waals surface area contributed by atoms with E-state index in [4.69, 9.17) is 4.74 Å². The highest BCUT2D eigenvalue weighted by Crippen LogP contribution is 2.16. The zero-order valence-corrected chi connectivity index (χ0v) is 15.9. The van der Waals surface area contributed by atoms with E-state index in [2.05, 4.69) is 20.7 Å². The molecular formula is C19H21FN6O3. The van der Waals surface area contributed by atoms with Gasteiger partial charge in [0.15, 0.2) is 5.65 Å². The number of carbonyl (C=O) groups is 1. The second kappa shape index (κ2) is 8.00. The zero-order chi connectivity index (χ0) is 20.4. The smallest absolute Gasteiger partial charge is 0.353 e. The molecule has 0 aliphatic carbocycles. The minimum absolute atomic E-state index is 0.0232. The predicted octanol–water partition coefficient (Wildman–Crippen LogP) is 1.38. The maximum atomic E-state index is 13.1. The molecule has 3 aromatic rings. The third-order valence-electron chi connectivity index (χ3n) is 4.64. The SMILES string of the molecule is Cc1cc2nn(CC(=O)NC[C@@H]3CCCO3)c(=O)n2c(Nc2ccc(F)cc2)n1. The van der Waals surface area contributed by atoms with Gasteiger partial charge in [-0.15, -0.1) is 5.10 Å². The first-order valence-corrected chi connectivity index (χ1v) is 9.38. The summed E-state index contributed by atoms with van der Waals surface area (Å²) in [4.78, 5) is 29.4. The lowest BCUT2D eigenvalue weighted by Gasteiger charge is -2.10. The van der Waals surface area contributed by atoms with Gasteiger partial charge in [-0.2, -0.15) is 0 Å². The molecule has 9 nitrogen and oxygen atoms in total. The molecule has 0 bridgehead atoms.